The Kier molecular flexibility index (Phi) is 3.08. The van der Waals surface area contributed by atoms with Gasteiger partial charge in [-0.25, -0.2) is 28.1 Å². The van der Waals surface area contributed by atoms with Crippen LogP contribution in [0.1, 0.15) is 17.3 Å². The fourth-order valence-electron chi connectivity index (χ4n) is 3.09. The molecule has 0 saturated heterocycles. The lowest BCUT2D eigenvalue weighted by Crippen LogP contribution is -2.39. The van der Waals surface area contributed by atoms with Crippen molar-refractivity contribution in [2.24, 2.45) is 5.73 Å². The molecular weight excluding hydrogens is 307 g/mol. The second kappa shape index (κ2) is 5.02. The highest BCUT2D eigenvalue weighted by molar-refractivity contribution is 5.66. The van der Waals surface area contributed by atoms with Crippen LogP contribution in [-0.2, 0) is 13.0 Å². The van der Waals surface area contributed by atoms with Crippen LogP contribution in [0.3, 0.4) is 0 Å². The third-order valence-electron chi connectivity index (χ3n) is 4.21. The van der Waals surface area contributed by atoms with Crippen molar-refractivity contribution < 1.29 is 13.2 Å². The van der Waals surface area contributed by atoms with Crippen molar-refractivity contribution in [1.82, 2.24) is 19.5 Å². The Hall–Kier alpha value is -2.48. The van der Waals surface area contributed by atoms with E-state index in [-0.39, 0.29) is 5.56 Å². The van der Waals surface area contributed by atoms with Crippen LogP contribution in [0.4, 0.5) is 13.2 Å². The summed E-state index contributed by atoms with van der Waals surface area (Å²) in [7, 11) is 0. The molecule has 0 bridgehead atoms. The zero-order chi connectivity index (χ0) is 16.1. The first-order valence-electron chi connectivity index (χ1n) is 7.10. The maximum Gasteiger partial charge on any atom is 0.197 e. The van der Waals surface area contributed by atoms with E-state index in [4.69, 9.17) is 5.73 Å². The van der Waals surface area contributed by atoms with Gasteiger partial charge in [-0.1, -0.05) is 0 Å². The number of nitrogens with two attached hydrogens (primary N) is 1. The van der Waals surface area contributed by atoms with Crippen LogP contribution in [0, 0.1) is 17.5 Å². The van der Waals surface area contributed by atoms with Gasteiger partial charge >= 0.3 is 0 Å². The van der Waals surface area contributed by atoms with Crippen molar-refractivity contribution >= 4 is 11.3 Å². The molecule has 5 nitrogen and oxygen atoms in total. The van der Waals surface area contributed by atoms with E-state index in [1.54, 1.807) is 6.20 Å². The highest BCUT2D eigenvalue weighted by atomic mass is 19.2. The molecule has 0 aliphatic carbocycles. The molecule has 4 rings (SSSR count). The van der Waals surface area contributed by atoms with E-state index in [0.717, 1.165) is 6.07 Å². The lowest BCUT2D eigenvalue weighted by atomic mass is 9.86. The number of imidazole rings is 1. The van der Waals surface area contributed by atoms with Crippen LogP contribution in [0.25, 0.3) is 11.3 Å². The summed E-state index contributed by atoms with van der Waals surface area (Å²) < 4.78 is 42.5. The molecule has 0 spiro atoms. The zero-order valence-corrected chi connectivity index (χ0v) is 11.9. The topological polar surface area (TPSA) is 69.6 Å². The minimum Gasteiger partial charge on any atom is -0.326 e. The molecule has 0 saturated carbocycles. The van der Waals surface area contributed by atoms with E-state index in [0.29, 0.717) is 36.2 Å². The molecule has 118 valence electrons. The van der Waals surface area contributed by atoms with E-state index >= 15 is 0 Å². The monoisotopic (exact) mass is 319 g/mol. The molecule has 8 heteroatoms. The van der Waals surface area contributed by atoms with Crippen molar-refractivity contribution in [3.63, 3.8) is 0 Å². The molecule has 1 aromatic carbocycles. The minimum absolute atomic E-state index is 0.0654. The van der Waals surface area contributed by atoms with Crippen LogP contribution in [0.2, 0.25) is 0 Å². The van der Waals surface area contributed by atoms with E-state index in [2.05, 4.69) is 15.0 Å². The quantitative estimate of drug-likeness (QED) is 0.696. The van der Waals surface area contributed by atoms with Gasteiger partial charge in [-0.3, -0.25) is 0 Å². The van der Waals surface area contributed by atoms with E-state index < -0.39 is 29.4 Å². The fraction of sp³-hybridized carbons (Fsp3) is 0.267. The summed E-state index contributed by atoms with van der Waals surface area (Å²) in [6.45, 7) is 0.355. The minimum atomic E-state index is -1.21. The summed E-state index contributed by atoms with van der Waals surface area (Å²) in [5.41, 5.74) is 7.32. The van der Waals surface area contributed by atoms with Crippen molar-refractivity contribution in [3.8, 4) is 0 Å². The van der Waals surface area contributed by atoms with Crippen molar-refractivity contribution in [2.45, 2.75) is 24.9 Å². The first-order valence-corrected chi connectivity index (χ1v) is 7.10. The molecule has 2 atom stereocenters. The predicted molar refractivity (Wildman–Crippen MR) is 76.1 cm³/mol. The van der Waals surface area contributed by atoms with Gasteiger partial charge in [-0.15, -0.1) is 0 Å². The number of fused-ring (bicyclic) bond motifs is 3. The Morgan fingerprint density at radius 1 is 1.04 bits per heavy atom. The maximum atomic E-state index is 14.1. The third kappa shape index (κ3) is 2.17. The summed E-state index contributed by atoms with van der Waals surface area (Å²) in [5.74, 6) is -2.94. The molecule has 2 aromatic heterocycles. The number of hydrogen-bond acceptors (Lipinski definition) is 4. The molecule has 3 aromatic rings. The van der Waals surface area contributed by atoms with Gasteiger partial charge in [-0.2, -0.15) is 0 Å². The largest absolute Gasteiger partial charge is 0.326 e. The predicted octanol–water partition coefficient (Wildman–Crippen LogP) is 1.91. The number of benzene rings is 1. The summed E-state index contributed by atoms with van der Waals surface area (Å²) in [6.07, 6.45) is 3.40. The summed E-state index contributed by atoms with van der Waals surface area (Å²) >= 11 is 0. The number of rotatable bonds is 1. The van der Waals surface area contributed by atoms with Gasteiger partial charge in [0.25, 0.3) is 0 Å². The average molecular weight is 319 g/mol. The highest BCUT2D eigenvalue weighted by Crippen LogP contribution is 2.32. The molecule has 0 radical (unpaired) electrons. The number of nitrogens with zero attached hydrogens (tertiary/aromatic N) is 4. The Labute approximate surface area is 129 Å². The Balaban J connectivity index is 1.79. The van der Waals surface area contributed by atoms with Crippen molar-refractivity contribution in [1.29, 1.82) is 0 Å². The van der Waals surface area contributed by atoms with E-state index in [9.17, 15) is 13.2 Å². The van der Waals surface area contributed by atoms with E-state index in [1.807, 2.05) is 4.57 Å². The first-order chi connectivity index (χ1) is 11.0. The molecule has 0 amide bonds. The van der Waals surface area contributed by atoms with Crippen molar-refractivity contribution in [2.75, 3.05) is 0 Å². The third-order valence-corrected chi connectivity index (χ3v) is 4.21. The number of hydrogen-bond donors (Lipinski definition) is 1. The lowest BCUT2D eigenvalue weighted by Gasteiger charge is -2.30. The molecule has 23 heavy (non-hydrogen) atoms. The second-order valence-corrected chi connectivity index (χ2v) is 5.60. The lowest BCUT2D eigenvalue weighted by molar-refractivity contribution is 0.391. The Bertz CT molecular complexity index is 908. The van der Waals surface area contributed by atoms with Gasteiger partial charge in [0.05, 0.1) is 0 Å². The van der Waals surface area contributed by atoms with Gasteiger partial charge in [0.2, 0.25) is 0 Å². The number of aromatic nitrogens is 4. The molecule has 1 aliphatic rings. The molecule has 3 heterocycles. The molecule has 0 fully saturated rings. The second-order valence-electron chi connectivity index (χ2n) is 5.60. The molecular formula is C15H12F3N5. The molecule has 2 N–H and O–H groups in total. The maximum absolute atomic E-state index is 14.1. The average Bonchev–Trinajstić information content (AvgIpc) is 2.88. The molecule has 1 aliphatic heterocycles. The Morgan fingerprint density at radius 2 is 1.78 bits per heavy atom. The standard InChI is InChI=1S/C15H12F3N5/c16-9-5-11(18)10(17)3-7(9)8-4-13-22-14-15(21-2-1-20-14)23(13)6-12(8)19/h1-3,5,8,12H,4,6,19H2/t8-,12+/m1/s1. The van der Waals surface area contributed by atoms with Gasteiger partial charge in [0.1, 0.15) is 11.6 Å². The smallest absolute Gasteiger partial charge is 0.197 e. The van der Waals surface area contributed by atoms with Gasteiger partial charge in [0, 0.05) is 43.4 Å². The normalized spacial score (nSPS) is 20.7. The highest BCUT2D eigenvalue weighted by Gasteiger charge is 2.32. The first kappa shape index (κ1) is 14.1. The Morgan fingerprint density at radius 3 is 2.61 bits per heavy atom. The van der Waals surface area contributed by atoms with Gasteiger partial charge in [0.15, 0.2) is 22.9 Å². The van der Waals surface area contributed by atoms with E-state index in [1.165, 1.54) is 6.20 Å². The summed E-state index contributed by atoms with van der Waals surface area (Å²) in [4.78, 5) is 12.7. The van der Waals surface area contributed by atoms with Crippen molar-refractivity contribution in [3.05, 3.63) is 53.4 Å². The SMILES string of the molecule is N[C@H]1Cn2c(nc3nccnc32)C[C@@H]1c1cc(F)c(F)cc1F. The van der Waals surface area contributed by atoms with Crippen LogP contribution >= 0.6 is 0 Å². The van der Waals surface area contributed by atoms with Crippen LogP contribution in [0.15, 0.2) is 24.5 Å². The van der Waals surface area contributed by atoms with Gasteiger partial charge in [-0.05, 0) is 11.6 Å². The van der Waals surface area contributed by atoms with Crippen LogP contribution in [0.5, 0.6) is 0 Å². The summed E-state index contributed by atoms with van der Waals surface area (Å²) in [5, 5.41) is 0. The van der Waals surface area contributed by atoms with Crippen LogP contribution in [-0.4, -0.2) is 25.6 Å². The zero-order valence-electron chi connectivity index (χ0n) is 11.9. The fourth-order valence-corrected chi connectivity index (χ4v) is 3.09. The summed E-state index contributed by atoms with van der Waals surface area (Å²) in [6, 6.07) is 0.962. The van der Waals surface area contributed by atoms with Crippen LogP contribution < -0.4 is 5.73 Å². The van der Waals surface area contributed by atoms with Gasteiger partial charge < -0.3 is 10.3 Å². The number of halogens is 3. The molecule has 0 unspecified atom stereocenters.